The van der Waals surface area contributed by atoms with Crippen LogP contribution in [0.4, 0.5) is 31.0 Å². The van der Waals surface area contributed by atoms with Crippen LogP contribution in [0.3, 0.4) is 0 Å². The molecule has 0 aliphatic heterocycles. The monoisotopic (exact) mass is 441 g/mol. The maximum atomic E-state index is 13.2. The summed E-state index contributed by atoms with van der Waals surface area (Å²) in [5.74, 6) is 2.28. The van der Waals surface area contributed by atoms with Gasteiger partial charge >= 0.3 is 12.2 Å². The van der Waals surface area contributed by atoms with Crippen molar-refractivity contribution >= 4 is 29.2 Å². The van der Waals surface area contributed by atoms with E-state index in [1.54, 1.807) is 58.0 Å². The number of benzene rings is 2. The second kappa shape index (κ2) is 11.0. The molecule has 0 spiro atoms. The van der Waals surface area contributed by atoms with Crippen molar-refractivity contribution in [1.29, 1.82) is 0 Å². The molecule has 2 aromatic rings. The highest BCUT2D eigenvalue weighted by Gasteiger charge is 2.19. The molecule has 0 aliphatic rings. The Morgan fingerprint density at radius 1 is 1.06 bits per heavy atom. The summed E-state index contributed by atoms with van der Waals surface area (Å²) >= 11 is 0. The van der Waals surface area contributed by atoms with Gasteiger partial charge in [0.2, 0.25) is 0 Å². The van der Waals surface area contributed by atoms with Gasteiger partial charge in [-0.2, -0.15) is 0 Å². The highest BCUT2D eigenvalue weighted by atomic mass is 19.1. The van der Waals surface area contributed by atoms with E-state index in [1.807, 2.05) is 4.90 Å². The van der Waals surface area contributed by atoms with E-state index in [0.29, 0.717) is 23.6 Å². The van der Waals surface area contributed by atoms with Crippen LogP contribution in [0.15, 0.2) is 42.5 Å². The van der Waals surface area contributed by atoms with Crippen LogP contribution in [-0.2, 0) is 16.0 Å². The molecule has 8 heteroatoms. The zero-order valence-electron chi connectivity index (χ0n) is 18.7. The summed E-state index contributed by atoms with van der Waals surface area (Å²) in [7, 11) is 0. The van der Waals surface area contributed by atoms with Gasteiger partial charge in [0.05, 0.1) is 24.5 Å². The molecule has 170 valence electrons. The van der Waals surface area contributed by atoms with Crippen LogP contribution in [0.1, 0.15) is 33.3 Å². The van der Waals surface area contributed by atoms with Crippen molar-refractivity contribution in [2.45, 2.75) is 39.8 Å². The van der Waals surface area contributed by atoms with Gasteiger partial charge in [0.25, 0.3) is 0 Å². The quantitative estimate of drug-likeness (QED) is 0.564. The first-order chi connectivity index (χ1) is 15.1. The molecule has 2 N–H and O–H groups in total. The van der Waals surface area contributed by atoms with Gasteiger partial charge in [0, 0.05) is 12.2 Å². The van der Waals surface area contributed by atoms with E-state index < -0.39 is 17.8 Å². The minimum atomic E-state index is -0.700. The van der Waals surface area contributed by atoms with E-state index in [0.717, 1.165) is 5.56 Å². The van der Waals surface area contributed by atoms with Crippen LogP contribution in [-0.4, -0.2) is 30.9 Å². The number of halogens is 1. The van der Waals surface area contributed by atoms with Gasteiger partial charge in [-0.3, -0.25) is 10.6 Å². The highest BCUT2D eigenvalue weighted by molar-refractivity contribution is 5.96. The zero-order valence-corrected chi connectivity index (χ0v) is 18.7. The molecule has 0 saturated heterocycles. The zero-order chi connectivity index (χ0) is 23.7. The number of hydrogen-bond acceptors (Lipinski definition) is 5. The molecule has 0 aliphatic carbocycles. The number of nitrogens with zero attached hydrogens (tertiary/aromatic N) is 1. The average Bonchev–Trinajstić information content (AvgIpc) is 2.69. The van der Waals surface area contributed by atoms with Crippen molar-refractivity contribution < 1.29 is 23.5 Å². The van der Waals surface area contributed by atoms with Crippen molar-refractivity contribution in [1.82, 2.24) is 0 Å². The molecule has 2 amide bonds. The van der Waals surface area contributed by atoms with E-state index in [9.17, 15) is 14.0 Å². The molecule has 0 heterocycles. The molecule has 0 radical (unpaired) electrons. The molecule has 2 rings (SSSR count). The summed E-state index contributed by atoms with van der Waals surface area (Å²) in [5.41, 5.74) is 1.49. The summed E-state index contributed by atoms with van der Waals surface area (Å²) in [6.07, 6.45) is 4.22. The normalized spacial score (nSPS) is 10.6. The minimum Gasteiger partial charge on any atom is -0.450 e. The van der Waals surface area contributed by atoms with Gasteiger partial charge in [-0.1, -0.05) is 18.1 Å². The van der Waals surface area contributed by atoms with E-state index >= 15 is 0 Å². The predicted octanol–water partition coefficient (Wildman–Crippen LogP) is 5.38. The average molecular weight is 442 g/mol. The molecule has 2 aromatic carbocycles. The standard InChI is InChI=1S/C24H28FN3O4/c1-6-14-28(16-17-8-10-18(25)11-9-17)19-12-13-20(26-22(29)31-7-2)21(15-19)27-23(30)32-24(3,4)5/h1,8-13,15H,7,14,16H2,2-5H3,(H,26,29)(H,27,30). The van der Waals surface area contributed by atoms with Gasteiger partial charge in [-0.25, -0.2) is 14.0 Å². The Labute approximate surface area is 187 Å². The number of anilines is 3. The maximum absolute atomic E-state index is 13.2. The summed E-state index contributed by atoms with van der Waals surface area (Å²) in [6.45, 7) is 7.82. The second-order valence-corrected chi connectivity index (χ2v) is 7.89. The minimum absolute atomic E-state index is 0.201. The fourth-order valence-electron chi connectivity index (χ4n) is 2.79. The van der Waals surface area contributed by atoms with E-state index in [4.69, 9.17) is 15.9 Å². The maximum Gasteiger partial charge on any atom is 0.412 e. The summed E-state index contributed by atoms with van der Waals surface area (Å²) in [6, 6.07) is 11.2. The number of carbonyl (C=O) groups is 2. The van der Waals surface area contributed by atoms with Crippen LogP contribution in [0.2, 0.25) is 0 Å². The van der Waals surface area contributed by atoms with Crippen LogP contribution in [0.5, 0.6) is 0 Å². The Morgan fingerprint density at radius 2 is 1.72 bits per heavy atom. The van der Waals surface area contributed by atoms with Crippen LogP contribution >= 0.6 is 0 Å². The Balaban J connectivity index is 2.35. The molecule has 0 fully saturated rings. The number of carbonyl (C=O) groups excluding carboxylic acids is 2. The van der Waals surface area contributed by atoms with Crippen LogP contribution in [0.25, 0.3) is 0 Å². The number of terminal acetylenes is 1. The lowest BCUT2D eigenvalue weighted by molar-refractivity contribution is 0.0636. The molecular weight excluding hydrogens is 413 g/mol. The topological polar surface area (TPSA) is 79.9 Å². The molecule has 0 saturated carbocycles. The first-order valence-corrected chi connectivity index (χ1v) is 10.1. The number of nitrogens with one attached hydrogen (secondary N) is 2. The van der Waals surface area contributed by atoms with Gasteiger partial charge < -0.3 is 14.4 Å². The molecule has 0 atom stereocenters. The Morgan fingerprint density at radius 3 is 2.31 bits per heavy atom. The van der Waals surface area contributed by atoms with Crippen LogP contribution in [0, 0.1) is 18.2 Å². The number of rotatable bonds is 7. The smallest absolute Gasteiger partial charge is 0.412 e. The predicted molar refractivity (Wildman–Crippen MR) is 123 cm³/mol. The fourth-order valence-corrected chi connectivity index (χ4v) is 2.79. The summed E-state index contributed by atoms with van der Waals surface area (Å²) in [4.78, 5) is 26.2. The van der Waals surface area contributed by atoms with Crippen molar-refractivity contribution in [2.24, 2.45) is 0 Å². The lowest BCUT2D eigenvalue weighted by Gasteiger charge is -2.25. The van der Waals surface area contributed by atoms with Crippen molar-refractivity contribution in [3.05, 3.63) is 53.8 Å². The Hall–Kier alpha value is -3.73. The third-order valence-electron chi connectivity index (χ3n) is 4.08. The highest BCUT2D eigenvalue weighted by Crippen LogP contribution is 2.29. The largest absolute Gasteiger partial charge is 0.450 e. The van der Waals surface area contributed by atoms with E-state index in [-0.39, 0.29) is 19.0 Å². The summed E-state index contributed by atoms with van der Waals surface area (Å²) < 4.78 is 23.5. The molecule has 0 aromatic heterocycles. The third kappa shape index (κ3) is 7.84. The third-order valence-corrected chi connectivity index (χ3v) is 4.08. The van der Waals surface area contributed by atoms with Gasteiger partial charge in [-0.15, -0.1) is 6.42 Å². The molecular formula is C24H28FN3O4. The van der Waals surface area contributed by atoms with Gasteiger partial charge in [0.1, 0.15) is 11.4 Å². The summed E-state index contributed by atoms with van der Waals surface area (Å²) in [5, 5.41) is 5.27. The first kappa shape index (κ1) is 24.5. The molecule has 0 bridgehead atoms. The van der Waals surface area contributed by atoms with Gasteiger partial charge in [0.15, 0.2) is 0 Å². The van der Waals surface area contributed by atoms with Crippen molar-refractivity contribution in [3.63, 3.8) is 0 Å². The van der Waals surface area contributed by atoms with Gasteiger partial charge in [-0.05, 0) is 63.6 Å². The Bertz CT molecular complexity index is 978. The SMILES string of the molecule is C#CCN(Cc1ccc(F)cc1)c1ccc(NC(=O)OCC)c(NC(=O)OC(C)(C)C)c1. The van der Waals surface area contributed by atoms with Crippen LogP contribution < -0.4 is 15.5 Å². The molecule has 0 unspecified atom stereocenters. The Kier molecular flexibility index (Phi) is 8.47. The second-order valence-electron chi connectivity index (χ2n) is 7.89. The molecule has 32 heavy (non-hydrogen) atoms. The first-order valence-electron chi connectivity index (χ1n) is 10.1. The van der Waals surface area contributed by atoms with Crippen molar-refractivity contribution in [2.75, 3.05) is 28.7 Å². The lowest BCUT2D eigenvalue weighted by atomic mass is 10.1. The van der Waals surface area contributed by atoms with Crippen molar-refractivity contribution in [3.8, 4) is 12.3 Å². The number of ether oxygens (including phenoxy) is 2. The fraction of sp³-hybridized carbons (Fsp3) is 0.333. The number of amides is 2. The van der Waals surface area contributed by atoms with E-state index in [1.165, 1.54) is 12.1 Å². The molecule has 7 nitrogen and oxygen atoms in total. The lowest BCUT2D eigenvalue weighted by Crippen LogP contribution is -2.28. The van der Waals surface area contributed by atoms with E-state index in [2.05, 4.69) is 16.6 Å². The number of hydrogen-bond donors (Lipinski definition) is 2.